The van der Waals surface area contributed by atoms with Gasteiger partial charge in [0.1, 0.15) is 5.82 Å². The number of hydrogen-bond acceptors (Lipinski definition) is 4. The quantitative estimate of drug-likeness (QED) is 0.555. The van der Waals surface area contributed by atoms with Crippen LogP contribution in [0.25, 0.3) is 0 Å². The van der Waals surface area contributed by atoms with E-state index in [1.54, 1.807) is 4.90 Å². The molecule has 1 saturated heterocycles. The molecule has 0 saturated carbocycles. The van der Waals surface area contributed by atoms with Crippen molar-refractivity contribution in [1.82, 2.24) is 15.1 Å². The van der Waals surface area contributed by atoms with Crippen molar-refractivity contribution in [1.29, 1.82) is 0 Å². The van der Waals surface area contributed by atoms with Crippen molar-refractivity contribution in [3.05, 3.63) is 35.1 Å². The van der Waals surface area contributed by atoms with Gasteiger partial charge in [-0.15, -0.1) is 0 Å². The van der Waals surface area contributed by atoms with Gasteiger partial charge in [0.05, 0.1) is 23.3 Å². The Bertz CT molecular complexity index is 780. The van der Waals surface area contributed by atoms with Crippen molar-refractivity contribution >= 4 is 11.8 Å². The van der Waals surface area contributed by atoms with Crippen LogP contribution in [0.1, 0.15) is 55.5 Å². The molecule has 32 heavy (non-hydrogen) atoms. The summed E-state index contributed by atoms with van der Waals surface area (Å²) < 4.78 is 52.4. The van der Waals surface area contributed by atoms with Gasteiger partial charge in [-0.1, -0.05) is 19.8 Å². The number of hydrogen-bond donors (Lipinski definition) is 2. The van der Waals surface area contributed by atoms with Gasteiger partial charge in [-0.25, -0.2) is 4.39 Å². The molecule has 180 valence electrons. The van der Waals surface area contributed by atoms with Crippen LogP contribution in [0.4, 0.5) is 17.6 Å². The summed E-state index contributed by atoms with van der Waals surface area (Å²) in [6.45, 7) is 6.67. The molecule has 0 radical (unpaired) electrons. The second-order valence-corrected chi connectivity index (χ2v) is 8.12. The Labute approximate surface area is 185 Å². The largest absolute Gasteiger partial charge is 0.416 e. The zero-order valence-electron chi connectivity index (χ0n) is 18.4. The summed E-state index contributed by atoms with van der Waals surface area (Å²) in [5.41, 5.74) is -1.66. The molecule has 0 aromatic heterocycles. The van der Waals surface area contributed by atoms with Crippen LogP contribution >= 0.6 is 0 Å². The number of carbonyl (C=O) groups excluding carboxylic acids is 2. The number of alkyl halides is 3. The van der Waals surface area contributed by atoms with E-state index >= 15 is 0 Å². The number of benzene rings is 1. The van der Waals surface area contributed by atoms with Gasteiger partial charge in [0, 0.05) is 39.6 Å². The number of halogens is 4. The molecule has 1 heterocycles. The molecule has 2 N–H and O–H groups in total. The summed E-state index contributed by atoms with van der Waals surface area (Å²) in [6.07, 6.45) is -3.23. The molecule has 1 aliphatic heterocycles. The smallest absolute Gasteiger partial charge is 0.391 e. The highest BCUT2D eigenvalue weighted by Gasteiger charge is 2.32. The van der Waals surface area contributed by atoms with Crippen molar-refractivity contribution < 1.29 is 32.3 Å². The van der Waals surface area contributed by atoms with Gasteiger partial charge < -0.3 is 15.3 Å². The highest BCUT2D eigenvalue weighted by Crippen LogP contribution is 2.30. The predicted molar refractivity (Wildman–Crippen MR) is 111 cm³/mol. The molecular weight excluding hydrogens is 430 g/mol. The minimum atomic E-state index is -4.70. The average Bonchev–Trinajstić information content (AvgIpc) is 2.74. The Kier molecular flexibility index (Phi) is 9.45. The molecule has 6 nitrogen and oxygen atoms in total. The van der Waals surface area contributed by atoms with E-state index in [4.69, 9.17) is 0 Å². The number of rotatable bonds is 9. The van der Waals surface area contributed by atoms with E-state index in [0.717, 1.165) is 18.9 Å². The molecule has 10 heteroatoms. The van der Waals surface area contributed by atoms with E-state index in [9.17, 15) is 32.3 Å². The standard InChI is InChI=1S/C22H31F4N3O3/c1-3-4-5-19(20(31)8-9-28-10-12-29(13-11-28)15(2)30)27-21(32)17-7-6-16(14-18(17)23)22(24,25)26/h6-7,14,19-20,31H,3-5,8-13H2,1-2H3,(H,27,32)/t19-,20?/m0/s1. The second kappa shape index (κ2) is 11.6. The van der Waals surface area contributed by atoms with Gasteiger partial charge in [-0.05, 0) is 31.0 Å². The Morgan fingerprint density at radius 2 is 1.81 bits per heavy atom. The molecule has 0 aliphatic carbocycles. The van der Waals surface area contributed by atoms with Gasteiger partial charge in [0.15, 0.2) is 0 Å². The van der Waals surface area contributed by atoms with Crippen molar-refractivity contribution in [2.24, 2.45) is 0 Å². The fraction of sp³-hybridized carbons (Fsp3) is 0.636. The van der Waals surface area contributed by atoms with Crippen LogP contribution in [0, 0.1) is 5.82 Å². The third kappa shape index (κ3) is 7.44. The lowest BCUT2D eigenvalue weighted by Crippen LogP contribution is -2.49. The van der Waals surface area contributed by atoms with Crippen LogP contribution in [0.5, 0.6) is 0 Å². The summed E-state index contributed by atoms with van der Waals surface area (Å²) >= 11 is 0. The zero-order chi connectivity index (χ0) is 23.9. The Hall–Kier alpha value is -2.20. The third-order valence-electron chi connectivity index (χ3n) is 5.75. The molecule has 1 unspecified atom stereocenters. The summed E-state index contributed by atoms with van der Waals surface area (Å²) in [6, 6.07) is 1.12. The number of nitrogens with zero attached hydrogens (tertiary/aromatic N) is 2. The van der Waals surface area contributed by atoms with E-state index in [-0.39, 0.29) is 5.91 Å². The summed E-state index contributed by atoms with van der Waals surface area (Å²) in [5.74, 6) is -2.08. The Morgan fingerprint density at radius 1 is 1.16 bits per heavy atom. The van der Waals surface area contributed by atoms with Crippen LogP contribution in [0.15, 0.2) is 18.2 Å². The van der Waals surface area contributed by atoms with Crippen molar-refractivity contribution in [2.75, 3.05) is 32.7 Å². The molecular formula is C22H31F4N3O3. The maximum atomic E-state index is 14.2. The second-order valence-electron chi connectivity index (χ2n) is 8.12. The first-order chi connectivity index (χ1) is 15.0. The van der Waals surface area contributed by atoms with Gasteiger partial charge in [-0.2, -0.15) is 13.2 Å². The first-order valence-corrected chi connectivity index (χ1v) is 10.9. The number of piperazine rings is 1. The molecule has 1 aromatic rings. The number of aliphatic hydroxyl groups excluding tert-OH is 1. The number of amides is 2. The van der Waals surface area contributed by atoms with Crippen LogP contribution in [-0.4, -0.2) is 71.6 Å². The third-order valence-corrected chi connectivity index (χ3v) is 5.75. The first-order valence-electron chi connectivity index (χ1n) is 10.9. The Balaban J connectivity index is 1.97. The molecule has 0 spiro atoms. The lowest BCUT2D eigenvalue weighted by atomic mass is 10.00. The van der Waals surface area contributed by atoms with E-state index < -0.39 is 41.2 Å². The maximum Gasteiger partial charge on any atom is 0.416 e. The van der Waals surface area contributed by atoms with E-state index in [1.807, 2.05) is 6.92 Å². The van der Waals surface area contributed by atoms with E-state index in [2.05, 4.69) is 10.2 Å². The van der Waals surface area contributed by atoms with Crippen LogP contribution in [0.3, 0.4) is 0 Å². The van der Waals surface area contributed by atoms with Gasteiger partial charge >= 0.3 is 6.18 Å². The SMILES string of the molecule is CCCC[C@H](NC(=O)c1ccc(C(F)(F)F)cc1F)C(O)CCN1CCN(C(C)=O)CC1. The predicted octanol–water partition coefficient (Wildman–Crippen LogP) is 3.05. The highest BCUT2D eigenvalue weighted by molar-refractivity contribution is 5.94. The van der Waals surface area contributed by atoms with Crippen LogP contribution in [0.2, 0.25) is 0 Å². The number of unbranched alkanes of at least 4 members (excludes halogenated alkanes) is 1. The van der Waals surface area contributed by atoms with E-state index in [0.29, 0.717) is 57.7 Å². The number of nitrogens with one attached hydrogen (secondary N) is 1. The van der Waals surface area contributed by atoms with Crippen molar-refractivity contribution in [3.8, 4) is 0 Å². The fourth-order valence-corrected chi connectivity index (χ4v) is 3.71. The maximum absolute atomic E-state index is 14.2. The summed E-state index contributed by atoms with van der Waals surface area (Å²) in [7, 11) is 0. The minimum absolute atomic E-state index is 0.0301. The molecule has 2 amide bonds. The number of aliphatic hydroxyl groups is 1. The lowest BCUT2D eigenvalue weighted by molar-refractivity contribution is -0.137. The van der Waals surface area contributed by atoms with Gasteiger partial charge in [-0.3, -0.25) is 14.5 Å². The topological polar surface area (TPSA) is 72.9 Å². The first kappa shape index (κ1) is 26.1. The van der Waals surface area contributed by atoms with E-state index in [1.165, 1.54) is 6.92 Å². The summed E-state index contributed by atoms with van der Waals surface area (Å²) in [5, 5.41) is 13.3. The molecule has 1 aliphatic rings. The fourth-order valence-electron chi connectivity index (χ4n) is 3.71. The average molecular weight is 462 g/mol. The Morgan fingerprint density at radius 3 is 2.34 bits per heavy atom. The van der Waals surface area contributed by atoms with Crippen molar-refractivity contribution in [3.63, 3.8) is 0 Å². The normalized spacial score (nSPS) is 17.2. The summed E-state index contributed by atoms with van der Waals surface area (Å²) in [4.78, 5) is 27.8. The number of carbonyl (C=O) groups is 2. The monoisotopic (exact) mass is 461 g/mol. The molecule has 2 rings (SSSR count). The lowest BCUT2D eigenvalue weighted by Gasteiger charge is -2.35. The van der Waals surface area contributed by atoms with Crippen molar-refractivity contribution in [2.45, 2.75) is 57.9 Å². The molecule has 0 bridgehead atoms. The van der Waals surface area contributed by atoms with Gasteiger partial charge in [0.25, 0.3) is 5.91 Å². The van der Waals surface area contributed by atoms with Gasteiger partial charge in [0.2, 0.25) is 5.91 Å². The van der Waals surface area contributed by atoms with Crippen LogP contribution in [-0.2, 0) is 11.0 Å². The minimum Gasteiger partial charge on any atom is -0.391 e. The molecule has 1 fully saturated rings. The zero-order valence-corrected chi connectivity index (χ0v) is 18.4. The molecule has 1 aromatic carbocycles. The highest BCUT2D eigenvalue weighted by atomic mass is 19.4. The molecule has 2 atom stereocenters. The van der Waals surface area contributed by atoms with Crippen LogP contribution < -0.4 is 5.32 Å².